The fraction of sp³-hybridized carbons (Fsp3) is 0.600. The summed E-state index contributed by atoms with van der Waals surface area (Å²) >= 11 is 7.16. The first-order chi connectivity index (χ1) is 17.3. The minimum absolute atomic E-state index is 0.00677. The molecule has 1 aromatic heterocycles. The first kappa shape index (κ1) is 25.9. The third-order valence-electron chi connectivity index (χ3n) is 7.60. The molecule has 0 spiro atoms. The van der Waals surface area contributed by atoms with E-state index in [2.05, 4.69) is 9.62 Å². The van der Waals surface area contributed by atoms with Crippen LogP contribution in [0.4, 0.5) is 0 Å². The number of halogens is 1. The molecule has 8 nitrogen and oxygen atoms in total. The van der Waals surface area contributed by atoms with Gasteiger partial charge in [0.1, 0.15) is 10.3 Å². The number of hydrogen-bond donors (Lipinski definition) is 1. The number of likely N-dealkylation sites (tertiary alicyclic amines) is 3. The van der Waals surface area contributed by atoms with Crippen LogP contribution in [0.15, 0.2) is 28.5 Å². The number of sulfonamides is 1. The number of carbonyl (C=O) groups excluding carboxylic acids is 2. The number of piperidine rings is 3. The number of thiophene rings is 1. The van der Waals surface area contributed by atoms with Crippen LogP contribution in [-0.4, -0.2) is 86.3 Å². The second-order valence-electron chi connectivity index (χ2n) is 10.0. The summed E-state index contributed by atoms with van der Waals surface area (Å²) in [6.45, 7) is 4.23. The third-order valence-corrected chi connectivity index (χ3v) is 10.9. The Hall–Kier alpha value is -1.72. The van der Waals surface area contributed by atoms with Crippen molar-refractivity contribution < 1.29 is 18.0 Å². The minimum atomic E-state index is -3.88. The molecule has 0 bridgehead atoms. The van der Waals surface area contributed by atoms with E-state index in [0.717, 1.165) is 47.4 Å². The van der Waals surface area contributed by atoms with Gasteiger partial charge in [0, 0.05) is 35.4 Å². The first-order valence-corrected chi connectivity index (χ1v) is 15.5. The maximum absolute atomic E-state index is 13.1. The van der Waals surface area contributed by atoms with E-state index in [4.69, 9.17) is 11.6 Å². The van der Waals surface area contributed by atoms with Gasteiger partial charge in [0.15, 0.2) is 0 Å². The zero-order valence-electron chi connectivity index (χ0n) is 20.3. The fourth-order valence-corrected chi connectivity index (χ4v) is 8.51. The topological polar surface area (TPSA) is 90.0 Å². The molecule has 4 heterocycles. The van der Waals surface area contributed by atoms with Gasteiger partial charge < -0.3 is 14.7 Å². The van der Waals surface area contributed by atoms with Crippen molar-refractivity contribution in [2.24, 2.45) is 0 Å². The highest BCUT2D eigenvalue weighted by atomic mass is 35.5. The molecule has 0 aliphatic carbocycles. The number of rotatable bonds is 6. The fourth-order valence-electron chi connectivity index (χ4n) is 5.59. The largest absolute Gasteiger partial charge is 0.341 e. The van der Waals surface area contributed by atoms with Crippen LogP contribution in [0.3, 0.4) is 0 Å². The standard InChI is InChI=1S/C25H33ClN4O4S2/c26-19-7-6-18-15-24(35-22(18)16-19)36(33,34)27-21-5-4-12-30(25(21)32)17-23(31)29-13-8-20(9-14-29)28-10-2-1-3-11-28/h6-7,15-16,20-21,27H,1-5,8-14,17H2. The van der Waals surface area contributed by atoms with E-state index < -0.39 is 16.1 Å². The lowest BCUT2D eigenvalue weighted by atomic mass is 9.99. The van der Waals surface area contributed by atoms with Crippen LogP contribution < -0.4 is 4.72 Å². The van der Waals surface area contributed by atoms with Gasteiger partial charge in [-0.2, -0.15) is 4.72 Å². The Balaban J connectivity index is 1.17. The summed E-state index contributed by atoms with van der Waals surface area (Å²) < 4.78 is 29.6. The highest BCUT2D eigenvalue weighted by molar-refractivity contribution is 7.91. The van der Waals surface area contributed by atoms with E-state index >= 15 is 0 Å². The van der Waals surface area contributed by atoms with Crippen molar-refractivity contribution in [3.05, 3.63) is 29.3 Å². The average molecular weight is 553 g/mol. The molecule has 1 unspecified atom stereocenters. The smallest absolute Gasteiger partial charge is 0.250 e. The second kappa shape index (κ2) is 10.9. The molecule has 196 valence electrons. The summed E-state index contributed by atoms with van der Waals surface area (Å²) in [4.78, 5) is 32.1. The predicted molar refractivity (Wildman–Crippen MR) is 142 cm³/mol. The van der Waals surface area contributed by atoms with Crippen LogP contribution in [0.1, 0.15) is 44.9 Å². The lowest BCUT2D eigenvalue weighted by Crippen LogP contribution is -2.55. The second-order valence-corrected chi connectivity index (χ2v) is 13.5. The van der Waals surface area contributed by atoms with Crippen molar-refractivity contribution in [1.29, 1.82) is 0 Å². The van der Waals surface area contributed by atoms with Crippen molar-refractivity contribution in [1.82, 2.24) is 19.4 Å². The molecule has 1 aromatic carbocycles. The number of fused-ring (bicyclic) bond motifs is 1. The van der Waals surface area contributed by atoms with Crippen molar-refractivity contribution in [2.75, 3.05) is 39.3 Å². The number of carbonyl (C=O) groups is 2. The monoisotopic (exact) mass is 552 g/mol. The van der Waals surface area contributed by atoms with Gasteiger partial charge in [-0.05, 0) is 75.2 Å². The normalized spacial score (nSPS) is 22.9. The van der Waals surface area contributed by atoms with Gasteiger partial charge >= 0.3 is 0 Å². The molecule has 11 heteroatoms. The van der Waals surface area contributed by atoms with Gasteiger partial charge in [-0.25, -0.2) is 8.42 Å². The molecular formula is C25H33ClN4O4S2. The number of amides is 2. The molecule has 2 aromatic rings. The van der Waals surface area contributed by atoms with E-state index in [1.54, 1.807) is 24.3 Å². The Morgan fingerprint density at radius 1 is 1.00 bits per heavy atom. The van der Waals surface area contributed by atoms with E-state index in [1.165, 1.54) is 24.2 Å². The lowest BCUT2D eigenvalue weighted by Gasteiger charge is -2.41. The number of benzene rings is 1. The van der Waals surface area contributed by atoms with Gasteiger partial charge in [-0.15, -0.1) is 11.3 Å². The number of hydrogen-bond acceptors (Lipinski definition) is 6. The quantitative estimate of drug-likeness (QED) is 0.594. The van der Waals surface area contributed by atoms with Crippen molar-refractivity contribution in [3.8, 4) is 0 Å². The Morgan fingerprint density at radius 3 is 2.50 bits per heavy atom. The van der Waals surface area contributed by atoms with Crippen LogP contribution in [-0.2, 0) is 19.6 Å². The van der Waals surface area contributed by atoms with Crippen molar-refractivity contribution in [3.63, 3.8) is 0 Å². The minimum Gasteiger partial charge on any atom is -0.341 e. The van der Waals surface area contributed by atoms with Gasteiger partial charge in [-0.3, -0.25) is 9.59 Å². The molecule has 36 heavy (non-hydrogen) atoms. The SMILES string of the molecule is O=C(CN1CCCC(NS(=O)(=O)c2cc3ccc(Cl)cc3s2)C1=O)N1CCC(N2CCCCC2)CC1. The summed E-state index contributed by atoms with van der Waals surface area (Å²) in [7, 11) is -3.88. The van der Waals surface area contributed by atoms with Crippen LogP contribution in [0.2, 0.25) is 5.02 Å². The van der Waals surface area contributed by atoms with Crippen molar-refractivity contribution in [2.45, 2.75) is 61.2 Å². The first-order valence-electron chi connectivity index (χ1n) is 12.8. The van der Waals surface area contributed by atoms with Gasteiger partial charge in [0.25, 0.3) is 10.0 Å². The summed E-state index contributed by atoms with van der Waals surface area (Å²) in [5, 5.41) is 1.33. The lowest BCUT2D eigenvalue weighted by molar-refractivity contribution is -0.144. The highest BCUT2D eigenvalue weighted by Crippen LogP contribution is 2.31. The van der Waals surface area contributed by atoms with Gasteiger partial charge in [0.2, 0.25) is 11.8 Å². The molecule has 5 rings (SSSR count). The zero-order chi connectivity index (χ0) is 25.3. The summed E-state index contributed by atoms with van der Waals surface area (Å²) in [6.07, 6.45) is 6.85. The molecule has 3 fully saturated rings. The molecule has 3 aliphatic rings. The van der Waals surface area contributed by atoms with Crippen LogP contribution in [0, 0.1) is 0 Å². The Bertz CT molecular complexity index is 1220. The Morgan fingerprint density at radius 2 is 1.75 bits per heavy atom. The van der Waals surface area contributed by atoms with Gasteiger partial charge in [-0.1, -0.05) is 24.1 Å². The van der Waals surface area contributed by atoms with Crippen molar-refractivity contribution >= 4 is 54.9 Å². The zero-order valence-corrected chi connectivity index (χ0v) is 22.7. The maximum Gasteiger partial charge on any atom is 0.250 e. The Kier molecular flexibility index (Phi) is 7.88. The molecule has 3 saturated heterocycles. The van der Waals surface area contributed by atoms with Crippen LogP contribution >= 0.6 is 22.9 Å². The van der Waals surface area contributed by atoms with E-state index in [1.807, 2.05) is 4.90 Å². The summed E-state index contributed by atoms with van der Waals surface area (Å²) in [5.74, 6) is -0.379. The number of nitrogens with zero attached hydrogens (tertiary/aromatic N) is 3. The third kappa shape index (κ3) is 5.72. The summed E-state index contributed by atoms with van der Waals surface area (Å²) in [6, 6.07) is 6.51. The number of nitrogens with one attached hydrogen (secondary N) is 1. The van der Waals surface area contributed by atoms with Crippen LogP contribution in [0.5, 0.6) is 0 Å². The molecule has 0 saturated carbocycles. The average Bonchev–Trinajstić information content (AvgIpc) is 3.31. The molecular weight excluding hydrogens is 520 g/mol. The van der Waals surface area contributed by atoms with Crippen LogP contribution in [0.25, 0.3) is 10.1 Å². The molecule has 1 N–H and O–H groups in total. The highest BCUT2D eigenvalue weighted by Gasteiger charge is 2.35. The molecule has 0 radical (unpaired) electrons. The maximum atomic E-state index is 13.1. The molecule has 2 amide bonds. The van der Waals surface area contributed by atoms with E-state index in [-0.39, 0.29) is 22.6 Å². The summed E-state index contributed by atoms with van der Waals surface area (Å²) in [5.41, 5.74) is 0. The molecule has 3 aliphatic heterocycles. The molecule has 1 atom stereocenters. The Labute approximate surface area is 221 Å². The van der Waals surface area contributed by atoms with Gasteiger partial charge in [0.05, 0.1) is 6.54 Å². The predicted octanol–water partition coefficient (Wildman–Crippen LogP) is 3.30. The van der Waals surface area contributed by atoms with E-state index in [0.29, 0.717) is 43.5 Å². The van der Waals surface area contributed by atoms with E-state index in [9.17, 15) is 18.0 Å².